The van der Waals surface area contributed by atoms with E-state index in [1.54, 1.807) is 0 Å². The third-order valence-corrected chi connectivity index (χ3v) is 4.37. The minimum Gasteiger partial charge on any atom is -0.493 e. The van der Waals surface area contributed by atoms with E-state index in [2.05, 4.69) is 0 Å². The molecule has 34 heavy (non-hydrogen) atoms. The molecule has 1 aromatic carbocycles. The molecule has 17 heteroatoms. The van der Waals surface area contributed by atoms with Gasteiger partial charge in [0.15, 0.2) is 11.5 Å². The van der Waals surface area contributed by atoms with E-state index in [1.165, 1.54) is 32.4 Å². The van der Waals surface area contributed by atoms with Crippen LogP contribution in [0.5, 0.6) is 11.5 Å². The fourth-order valence-corrected chi connectivity index (χ4v) is 2.38. The van der Waals surface area contributed by atoms with Gasteiger partial charge in [0.25, 0.3) is 5.91 Å². The van der Waals surface area contributed by atoms with Gasteiger partial charge in [0.1, 0.15) is 0 Å². The number of amides is 1. The number of methoxy groups -OCH3 is 2. The molecule has 1 aromatic rings. The summed E-state index contributed by atoms with van der Waals surface area (Å²) in [6, 6.07) is 3.79. The SMILES string of the molecule is COc1ccc(CCNC(=O)C(F)(F)C(F)(F)C(F)(F)C(F)(F)C(F)(F)C(F)(F)F)cc1OC. The van der Waals surface area contributed by atoms with Crippen LogP contribution in [-0.4, -0.2) is 62.5 Å². The molecule has 0 aliphatic rings. The summed E-state index contributed by atoms with van der Waals surface area (Å²) in [4.78, 5) is 11.4. The molecule has 0 atom stereocenters. The molecular weight excluding hydrogens is 513 g/mol. The Balaban J connectivity index is 3.11. The lowest BCUT2D eigenvalue weighted by atomic mass is 9.93. The number of carbonyl (C=O) groups excluding carboxylic acids is 1. The Morgan fingerprint density at radius 2 is 1.21 bits per heavy atom. The second-order valence-corrected chi connectivity index (χ2v) is 6.56. The van der Waals surface area contributed by atoms with Crippen molar-refractivity contribution in [2.75, 3.05) is 20.8 Å². The van der Waals surface area contributed by atoms with E-state index in [9.17, 15) is 61.9 Å². The lowest BCUT2D eigenvalue weighted by Gasteiger charge is -2.39. The maximum absolute atomic E-state index is 13.7. The smallest absolute Gasteiger partial charge is 0.460 e. The second-order valence-electron chi connectivity index (χ2n) is 6.56. The quantitative estimate of drug-likeness (QED) is 0.431. The molecule has 0 fully saturated rings. The van der Waals surface area contributed by atoms with Crippen LogP contribution in [0.1, 0.15) is 5.56 Å². The average Bonchev–Trinajstić information content (AvgIpc) is 2.71. The molecule has 0 bridgehead atoms. The maximum atomic E-state index is 13.7. The van der Waals surface area contributed by atoms with Gasteiger partial charge in [0.2, 0.25) is 0 Å². The van der Waals surface area contributed by atoms with Gasteiger partial charge >= 0.3 is 35.8 Å². The molecule has 0 unspecified atom stereocenters. The van der Waals surface area contributed by atoms with Gasteiger partial charge in [-0.15, -0.1) is 0 Å². The normalized spacial score (nSPS) is 14.1. The number of rotatable bonds is 10. The Bertz CT molecular complexity index is 884. The highest BCUT2D eigenvalue weighted by Gasteiger charge is 2.91. The minimum atomic E-state index is -8.06. The monoisotopic (exact) mass is 527 g/mol. The molecule has 0 saturated carbocycles. The first-order chi connectivity index (χ1) is 15.1. The van der Waals surface area contributed by atoms with Crippen LogP contribution in [-0.2, 0) is 11.2 Å². The predicted octanol–water partition coefficient (Wildman–Crippen LogP) is 5.10. The molecule has 1 N–H and O–H groups in total. The van der Waals surface area contributed by atoms with Crippen molar-refractivity contribution in [1.29, 1.82) is 0 Å². The van der Waals surface area contributed by atoms with Crippen LogP contribution < -0.4 is 14.8 Å². The predicted molar refractivity (Wildman–Crippen MR) is 87.0 cm³/mol. The number of hydrogen-bond acceptors (Lipinski definition) is 3. The first-order valence-electron chi connectivity index (χ1n) is 8.58. The van der Waals surface area contributed by atoms with Crippen molar-refractivity contribution in [3.8, 4) is 11.5 Å². The molecular formula is C17H14F13NO3. The maximum Gasteiger partial charge on any atom is 0.460 e. The molecule has 0 heterocycles. The van der Waals surface area contributed by atoms with Crippen molar-refractivity contribution >= 4 is 5.91 Å². The molecule has 196 valence electrons. The van der Waals surface area contributed by atoms with E-state index in [0.717, 1.165) is 5.32 Å². The Morgan fingerprint density at radius 1 is 0.735 bits per heavy atom. The Morgan fingerprint density at radius 3 is 1.65 bits per heavy atom. The van der Waals surface area contributed by atoms with Crippen LogP contribution in [0.15, 0.2) is 18.2 Å². The third kappa shape index (κ3) is 4.64. The molecule has 0 saturated heterocycles. The number of nitrogens with one attached hydrogen (secondary N) is 1. The molecule has 0 aliphatic heterocycles. The van der Waals surface area contributed by atoms with Crippen molar-refractivity contribution in [2.45, 2.75) is 42.2 Å². The topological polar surface area (TPSA) is 47.6 Å². The Labute approximate surface area is 182 Å². The number of hydrogen-bond donors (Lipinski definition) is 1. The van der Waals surface area contributed by atoms with Gasteiger partial charge in [-0.05, 0) is 24.1 Å². The summed E-state index contributed by atoms with van der Waals surface area (Å²) in [5.74, 6) is -41.5. The number of halogens is 13. The third-order valence-electron chi connectivity index (χ3n) is 4.37. The van der Waals surface area contributed by atoms with Crippen LogP contribution in [0.3, 0.4) is 0 Å². The fourth-order valence-electron chi connectivity index (χ4n) is 2.38. The molecule has 0 aromatic heterocycles. The summed E-state index contributed by atoms with van der Waals surface area (Å²) < 4.78 is 179. The zero-order valence-corrected chi connectivity index (χ0v) is 16.8. The summed E-state index contributed by atoms with van der Waals surface area (Å²) in [5, 5.41) is 1.01. The zero-order valence-electron chi connectivity index (χ0n) is 16.8. The van der Waals surface area contributed by atoms with Crippen LogP contribution in [0, 0.1) is 0 Å². The van der Waals surface area contributed by atoms with Gasteiger partial charge in [0.05, 0.1) is 14.2 Å². The van der Waals surface area contributed by atoms with Gasteiger partial charge in [-0.3, -0.25) is 4.79 Å². The summed E-state index contributed by atoms with van der Waals surface area (Å²) in [5.41, 5.74) is 0.176. The van der Waals surface area contributed by atoms with E-state index >= 15 is 0 Å². The van der Waals surface area contributed by atoms with E-state index in [1.807, 2.05) is 0 Å². The number of ether oxygens (including phenoxy) is 2. The van der Waals surface area contributed by atoms with E-state index < -0.39 is 54.7 Å². The van der Waals surface area contributed by atoms with Gasteiger partial charge < -0.3 is 14.8 Å². The summed E-state index contributed by atoms with van der Waals surface area (Å²) >= 11 is 0. The second kappa shape index (κ2) is 9.20. The number of alkyl halides is 13. The minimum absolute atomic E-state index is 0.0932. The highest BCUT2D eigenvalue weighted by atomic mass is 19.4. The van der Waals surface area contributed by atoms with E-state index in [-0.39, 0.29) is 17.1 Å². The van der Waals surface area contributed by atoms with Crippen molar-refractivity contribution in [3.63, 3.8) is 0 Å². The Hall–Kier alpha value is -2.62. The molecule has 4 nitrogen and oxygen atoms in total. The van der Waals surface area contributed by atoms with Gasteiger partial charge in [0, 0.05) is 6.54 Å². The van der Waals surface area contributed by atoms with Crippen LogP contribution in [0.2, 0.25) is 0 Å². The average molecular weight is 527 g/mol. The van der Waals surface area contributed by atoms with Crippen LogP contribution >= 0.6 is 0 Å². The van der Waals surface area contributed by atoms with Crippen molar-refractivity contribution < 1.29 is 71.3 Å². The largest absolute Gasteiger partial charge is 0.493 e. The van der Waals surface area contributed by atoms with Crippen molar-refractivity contribution in [2.24, 2.45) is 0 Å². The molecule has 1 amide bonds. The van der Waals surface area contributed by atoms with Crippen molar-refractivity contribution in [1.82, 2.24) is 5.32 Å². The number of carbonyl (C=O) groups is 1. The van der Waals surface area contributed by atoms with Crippen molar-refractivity contribution in [3.05, 3.63) is 23.8 Å². The van der Waals surface area contributed by atoms with Crippen LogP contribution in [0.25, 0.3) is 0 Å². The standard InChI is InChI=1S/C17H14F13NO3/c1-33-9-4-3-8(7-10(9)34-2)5-6-31-11(32)12(18,19)13(20,21)14(22,23)15(24,25)16(26,27)17(28,29)30/h3-4,7H,5-6H2,1-2H3,(H,31,32). The lowest BCUT2D eigenvalue weighted by Crippen LogP contribution is -2.72. The summed E-state index contributed by atoms with van der Waals surface area (Å²) in [6.07, 6.45) is -7.97. The first-order valence-corrected chi connectivity index (χ1v) is 8.58. The summed E-state index contributed by atoms with van der Waals surface area (Å²) in [6.45, 7) is -0.999. The lowest BCUT2D eigenvalue weighted by molar-refractivity contribution is -0.436. The van der Waals surface area contributed by atoms with Gasteiger partial charge in [-0.25, -0.2) is 0 Å². The van der Waals surface area contributed by atoms with E-state index in [0.29, 0.717) is 0 Å². The van der Waals surface area contributed by atoms with Crippen LogP contribution in [0.4, 0.5) is 57.1 Å². The zero-order chi connectivity index (χ0) is 27.0. The first kappa shape index (κ1) is 29.4. The fraction of sp³-hybridized carbons (Fsp3) is 0.588. The summed E-state index contributed by atoms with van der Waals surface area (Å²) in [7, 11) is 2.45. The highest BCUT2D eigenvalue weighted by molar-refractivity contribution is 5.84. The molecule has 0 spiro atoms. The number of benzene rings is 1. The highest BCUT2D eigenvalue weighted by Crippen LogP contribution is 2.60. The van der Waals surface area contributed by atoms with E-state index in [4.69, 9.17) is 9.47 Å². The molecule has 0 aliphatic carbocycles. The van der Waals surface area contributed by atoms with Gasteiger partial charge in [-0.1, -0.05) is 6.07 Å². The Kier molecular flexibility index (Phi) is 7.96. The molecule has 0 radical (unpaired) electrons. The van der Waals surface area contributed by atoms with Gasteiger partial charge in [-0.2, -0.15) is 57.1 Å². The molecule has 1 rings (SSSR count).